The van der Waals surface area contributed by atoms with Gasteiger partial charge in [-0.1, -0.05) is 18.2 Å². The van der Waals surface area contributed by atoms with Crippen LogP contribution < -0.4 is 5.32 Å². The maximum absolute atomic E-state index is 12.8. The average Bonchev–Trinajstić information content (AvgIpc) is 3.19. The number of rotatable bonds is 5. The molecule has 110 valence electrons. The number of carbonyl (C=O) groups excluding carboxylic acids is 1. The molecule has 1 aromatic rings. The zero-order valence-corrected chi connectivity index (χ0v) is 11.9. The Kier molecular flexibility index (Phi) is 4.62. The van der Waals surface area contributed by atoms with Crippen molar-refractivity contribution in [3.8, 4) is 0 Å². The number of hydrogen-bond donors (Lipinski definition) is 1. The summed E-state index contributed by atoms with van der Waals surface area (Å²) in [4.78, 5) is 11.7. The van der Waals surface area contributed by atoms with Crippen molar-refractivity contribution in [1.82, 2.24) is 5.32 Å². The highest BCUT2D eigenvalue weighted by atomic mass is 32.2. The van der Waals surface area contributed by atoms with E-state index in [1.165, 1.54) is 23.9 Å². The van der Waals surface area contributed by atoms with Crippen LogP contribution in [0.5, 0.6) is 0 Å². The summed E-state index contributed by atoms with van der Waals surface area (Å²) in [6.07, 6.45) is -2.35. The van der Waals surface area contributed by atoms with Gasteiger partial charge in [0.05, 0.1) is 10.8 Å². The first-order chi connectivity index (χ1) is 9.38. The first kappa shape index (κ1) is 15.2. The molecule has 0 bridgehead atoms. The topological polar surface area (TPSA) is 29.1 Å². The van der Waals surface area contributed by atoms with Crippen LogP contribution in [0.15, 0.2) is 24.3 Å². The molecule has 1 N–H and O–H groups in total. The number of nitrogens with one attached hydrogen (secondary N) is 1. The monoisotopic (exact) mass is 303 g/mol. The Morgan fingerprint density at radius 1 is 1.40 bits per heavy atom. The Bertz CT molecular complexity index is 486. The molecule has 0 radical (unpaired) electrons. The molecule has 20 heavy (non-hydrogen) atoms. The van der Waals surface area contributed by atoms with Crippen LogP contribution in [0.4, 0.5) is 13.2 Å². The predicted molar refractivity (Wildman–Crippen MR) is 73.4 cm³/mol. The highest BCUT2D eigenvalue weighted by molar-refractivity contribution is 7.99. The van der Waals surface area contributed by atoms with Crippen LogP contribution in [0, 0.1) is 0 Å². The van der Waals surface area contributed by atoms with Gasteiger partial charge in [0.15, 0.2) is 0 Å². The quantitative estimate of drug-likeness (QED) is 0.900. The van der Waals surface area contributed by atoms with Crippen LogP contribution in [-0.2, 0) is 16.7 Å². The van der Waals surface area contributed by atoms with Crippen molar-refractivity contribution in [2.24, 2.45) is 0 Å². The third-order valence-corrected chi connectivity index (χ3v) is 4.30. The molecule has 0 unspecified atom stereocenters. The first-order valence-electron chi connectivity index (χ1n) is 6.45. The summed E-state index contributed by atoms with van der Waals surface area (Å²) < 4.78 is 38.5. The largest absolute Gasteiger partial charge is 0.416 e. The molecule has 1 fully saturated rings. The predicted octanol–water partition coefficient (Wildman–Crippen LogP) is 3.61. The fourth-order valence-corrected chi connectivity index (χ4v) is 2.66. The van der Waals surface area contributed by atoms with Gasteiger partial charge in [0, 0.05) is 11.8 Å². The van der Waals surface area contributed by atoms with Crippen LogP contribution in [0.2, 0.25) is 0 Å². The van der Waals surface area contributed by atoms with Gasteiger partial charge in [-0.15, -0.1) is 11.8 Å². The molecule has 1 atom stereocenters. The van der Waals surface area contributed by atoms with Gasteiger partial charge in [0.2, 0.25) is 5.91 Å². The Hall–Kier alpha value is -1.17. The second-order valence-electron chi connectivity index (χ2n) is 4.89. The summed E-state index contributed by atoms with van der Waals surface area (Å²) >= 11 is 1.23. The molecule has 1 saturated carbocycles. The number of halogens is 3. The highest BCUT2D eigenvalue weighted by Gasteiger charge is 2.33. The first-order valence-corrected chi connectivity index (χ1v) is 7.50. The minimum atomic E-state index is -4.35. The van der Waals surface area contributed by atoms with Gasteiger partial charge in [0.1, 0.15) is 0 Å². The number of thioether (sulfide) groups is 1. The van der Waals surface area contributed by atoms with Crippen molar-refractivity contribution in [2.45, 2.75) is 43.0 Å². The van der Waals surface area contributed by atoms with Crippen LogP contribution >= 0.6 is 11.8 Å². The van der Waals surface area contributed by atoms with Gasteiger partial charge in [-0.2, -0.15) is 13.2 Å². The molecule has 2 nitrogen and oxygen atoms in total. The summed E-state index contributed by atoms with van der Waals surface area (Å²) in [6.45, 7) is 1.72. The number of carbonyl (C=O) groups is 1. The van der Waals surface area contributed by atoms with Crippen molar-refractivity contribution >= 4 is 17.7 Å². The Balaban J connectivity index is 1.94. The zero-order valence-electron chi connectivity index (χ0n) is 11.0. The van der Waals surface area contributed by atoms with Gasteiger partial charge in [0.25, 0.3) is 0 Å². The lowest BCUT2D eigenvalue weighted by atomic mass is 10.1. The maximum Gasteiger partial charge on any atom is 0.416 e. The molecule has 1 aromatic carbocycles. The normalized spacial score (nSPS) is 16.8. The van der Waals surface area contributed by atoms with Crippen molar-refractivity contribution in [1.29, 1.82) is 0 Å². The molecular weight excluding hydrogens is 287 g/mol. The summed E-state index contributed by atoms with van der Waals surface area (Å²) in [5, 5.41) is 2.50. The molecule has 2 rings (SSSR count). The van der Waals surface area contributed by atoms with Crippen molar-refractivity contribution < 1.29 is 18.0 Å². The number of amides is 1. The fourth-order valence-electron chi connectivity index (χ4n) is 1.76. The molecule has 0 saturated heterocycles. The van der Waals surface area contributed by atoms with E-state index < -0.39 is 11.7 Å². The summed E-state index contributed by atoms with van der Waals surface area (Å²) in [6, 6.07) is 5.76. The molecule has 0 aromatic heterocycles. The van der Waals surface area contributed by atoms with Crippen LogP contribution in [0.3, 0.4) is 0 Å². The van der Waals surface area contributed by atoms with E-state index in [2.05, 4.69) is 5.32 Å². The van der Waals surface area contributed by atoms with Gasteiger partial charge in [-0.3, -0.25) is 4.79 Å². The van der Waals surface area contributed by atoms with Gasteiger partial charge in [-0.05, 0) is 31.4 Å². The van der Waals surface area contributed by atoms with Crippen molar-refractivity contribution in [3.63, 3.8) is 0 Å². The smallest absolute Gasteiger partial charge is 0.352 e. The van der Waals surface area contributed by atoms with E-state index in [0.29, 0.717) is 0 Å². The second kappa shape index (κ2) is 6.08. The van der Waals surface area contributed by atoms with E-state index in [-0.39, 0.29) is 28.5 Å². The van der Waals surface area contributed by atoms with Crippen molar-refractivity contribution in [3.05, 3.63) is 35.4 Å². The van der Waals surface area contributed by atoms with Crippen LogP contribution in [0.1, 0.15) is 30.9 Å². The minimum Gasteiger partial charge on any atom is -0.352 e. The molecule has 1 aliphatic rings. The molecule has 0 heterocycles. The highest BCUT2D eigenvalue weighted by Crippen LogP contribution is 2.34. The lowest BCUT2D eigenvalue weighted by Gasteiger charge is -2.15. The number of hydrogen-bond acceptors (Lipinski definition) is 2. The lowest BCUT2D eigenvalue weighted by Crippen LogP contribution is -2.32. The third-order valence-electron chi connectivity index (χ3n) is 3.10. The third kappa shape index (κ3) is 4.16. The SMILES string of the molecule is C[C@H](SCc1ccccc1C(F)(F)F)C(=O)NC1CC1. The van der Waals surface area contributed by atoms with Crippen LogP contribution in [-0.4, -0.2) is 17.2 Å². The minimum absolute atomic E-state index is 0.0954. The molecule has 1 aliphatic carbocycles. The molecule has 0 aliphatic heterocycles. The Morgan fingerprint density at radius 2 is 2.05 bits per heavy atom. The van der Waals surface area contributed by atoms with E-state index >= 15 is 0 Å². The van der Waals surface area contributed by atoms with Gasteiger partial charge in [-0.25, -0.2) is 0 Å². The second-order valence-corrected chi connectivity index (χ2v) is 6.22. The lowest BCUT2D eigenvalue weighted by molar-refractivity contribution is -0.138. The van der Waals surface area contributed by atoms with E-state index in [0.717, 1.165) is 18.9 Å². The van der Waals surface area contributed by atoms with E-state index in [9.17, 15) is 18.0 Å². The molecular formula is C14H16F3NOS. The van der Waals surface area contributed by atoms with E-state index in [4.69, 9.17) is 0 Å². The standard InChI is InChI=1S/C14H16F3NOS/c1-9(13(19)18-11-6-7-11)20-8-10-4-2-3-5-12(10)14(15,16)17/h2-5,9,11H,6-8H2,1H3,(H,18,19)/t9-/m0/s1. The molecule has 6 heteroatoms. The summed E-state index contributed by atoms with van der Waals surface area (Å²) in [7, 11) is 0. The van der Waals surface area contributed by atoms with Gasteiger partial charge >= 0.3 is 6.18 Å². The maximum atomic E-state index is 12.8. The van der Waals surface area contributed by atoms with Gasteiger partial charge < -0.3 is 5.32 Å². The number of benzene rings is 1. The average molecular weight is 303 g/mol. The Morgan fingerprint density at radius 3 is 2.65 bits per heavy atom. The molecule has 0 spiro atoms. The zero-order chi connectivity index (χ0) is 14.8. The Labute approximate surface area is 120 Å². The molecule has 1 amide bonds. The summed E-state index contributed by atoms with van der Waals surface area (Å²) in [5.74, 6) is 0.0802. The fraction of sp³-hybridized carbons (Fsp3) is 0.500. The van der Waals surface area contributed by atoms with E-state index in [1.54, 1.807) is 13.0 Å². The van der Waals surface area contributed by atoms with Crippen LogP contribution in [0.25, 0.3) is 0 Å². The van der Waals surface area contributed by atoms with E-state index in [1.807, 2.05) is 0 Å². The summed E-state index contributed by atoms with van der Waals surface area (Å²) in [5.41, 5.74) is -0.404. The van der Waals surface area contributed by atoms with Crippen molar-refractivity contribution in [2.75, 3.05) is 0 Å². The number of alkyl halides is 3.